The molecular weight excluding hydrogens is 332 g/mol. The summed E-state index contributed by atoms with van der Waals surface area (Å²) in [4.78, 5) is 25.5. The van der Waals surface area contributed by atoms with Crippen molar-refractivity contribution < 1.29 is 14.3 Å². The third-order valence-electron chi connectivity index (χ3n) is 3.56. The first kappa shape index (κ1) is 16.9. The van der Waals surface area contributed by atoms with E-state index in [0.717, 1.165) is 5.56 Å². The highest BCUT2D eigenvalue weighted by molar-refractivity contribution is 7.12. The summed E-state index contributed by atoms with van der Waals surface area (Å²) in [7, 11) is 0. The average molecular weight is 348 g/mol. The van der Waals surface area contributed by atoms with Crippen molar-refractivity contribution in [3.63, 3.8) is 0 Å². The van der Waals surface area contributed by atoms with Gasteiger partial charge in [0.2, 0.25) is 5.78 Å². The Morgan fingerprint density at radius 2 is 1.60 bits per heavy atom. The van der Waals surface area contributed by atoms with Gasteiger partial charge in [0.05, 0.1) is 10.4 Å². The zero-order valence-electron chi connectivity index (χ0n) is 13.4. The van der Waals surface area contributed by atoms with Crippen LogP contribution in [-0.2, 0) is 4.74 Å². The fourth-order valence-electron chi connectivity index (χ4n) is 2.35. The number of thiophene rings is 1. The molecule has 0 spiro atoms. The summed E-state index contributed by atoms with van der Waals surface area (Å²) in [6.07, 6.45) is 3.66. The van der Waals surface area contributed by atoms with E-state index in [-0.39, 0.29) is 18.0 Å². The lowest BCUT2D eigenvalue weighted by atomic mass is 10.0. The number of ketones is 1. The van der Waals surface area contributed by atoms with Crippen molar-refractivity contribution in [2.45, 2.75) is 0 Å². The van der Waals surface area contributed by atoms with E-state index in [0.29, 0.717) is 10.4 Å². The number of hydrogen-bond donors (Lipinski definition) is 0. The monoisotopic (exact) mass is 348 g/mol. The van der Waals surface area contributed by atoms with Gasteiger partial charge in [-0.15, -0.1) is 11.3 Å². The Morgan fingerprint density at radius 3 is 2.32 bits per heavy atom. The molecule has 3 nitrogen and oxygen atoms in total. The SMILES string of the molecule is O=C(OC/C=C/c1ccccc1)c1ccccc1C(=O)c1cccs1. The number of carbonyl (C=O) groups excluding carboxylic acids is 2. The van der Waals surface area contributed by atoms with Crippen LogP contribution in [0.15, 0.2) is 78.2 Å². The van der Waals surface area contributed by atoms with Gasteiger partial charge in [0.1, 0.15) is 6.61 Å². The van der Waals surface area contributed by atoms with Crippen LogP contribution in [-0.4, -0.2) is 18.4 Å². The molecule has 0 amide bonds. The van der Waals surface area contributed by atoms with Crippen molar-refractivity contribution in [2.75, 3.05) is 6.61 Å². The molecule has 0 unspecified atom stereocenters. The molecule has 0 aliphatic carbocycles. The van der Waals surface area contributed by atoms with E-state index in [4.69, 9.17) is 4.74 Å². The van der Waals surface area contributed by atoms with Gasteiger partial charge in [0, 0.05) is 5.56 Å². The number of ether oxygens (including phenoxy) is 1. The summed E-state index contributed by atoms with van der Waals surface area (Å²) in [5.41, 5.74) is 1.68. The van der Waals surface area contributed by atoms with Gasteiger partial charge in [0.15, 0.2) is 0 Å². The molecule has 25 heavy (non-hydrogen) atoms. The maximum absolute atomic E-state index is 12.5. The first-order valence-corrected chi connectivity index (χ1v) is 8.69. The second kappa shape index (κ2) is 8.22. The van der Waals surface area contributed by atoms with Crippen LogP contribution in [0.2, 0.25) is 0 Å². The van der Waals surface area contributed by atoms with Crippen LogP contribution in [0.25, 0.3) is 6.08 Å². The van der Waals surface area contributed by atoms with Gasteiger partial charge in [-0.25, -0.2) is 4.79 Å². The number of hydrogen-bond acceptors (Lipinski definition) is 4. The molecule has 0 aliphatic rings. The molecule has 3 rings (SSSR count). The van der Waals surface area contributed by atoms with E-state index in [2.05, 4.69) is 0 Å². The van der Waals surface area contributed by atoms with Crippen molar-refractivity contribution in [1.82, 2.24) is 0 Å². The van der Waals surface area contributed by atoms with Crippen LogP contribution in [0.3, 0.4) is 0 Å². The van der Waals surface area contributed by atoms with Crippen LogP contribution in [0.4, 0.5) is 0 Å². The topological polar surface area (TPSA) is 43.4 Å². The predicted octanol–water partition coefficient (Wildman–Crippen LogP) is 4.85. The van der Waals surface area contributed by atoms with Gasteiger partial charge < -0.3 is 4.74 Å². The number of carbonyl (C=O) groups is 2. The van der Waals surface area contributed by atoms with E-state index >= 15 is 0 Å². The quantitative estimate of drug-likeness (QED) is 0.472. The number of benzene rings is 2. The second-order valence-corrected chi connectivity index (χ2v) is 6.21. The molecule has 0 radical (unpaired) electrons. The van der Waals surface area contributed by atoms with Crippen molar-refractivity contribution in [3.05, 3.63) is 99.8 Å². The Balaban J connectivity index is 1.68. The molecule has 4 heteroatoms. The molecule has 124 valence electrons. The summed E-state index contributed by atoms with van der Waals surface area (Å²) in [5.74, 6) is -0.666. The molecule has 0 bridgehead atoms. The fraction of sp³-hybridized carbons (Fsp3) is 0.0476. The summed E-state index contributed by atoms with van der Waals surface area (Å²) < 4.78 is 5.28. The molecule has 3 aromatic rings. The smallest absolute Gasteiger partial charge is 0.339 e. The van der Waals surface area contributed by atoms with E-state index in [1.54, 1.807) is 36.4 Å². The van der Waals surface area contributed by atoms with E-state index < -0.39 is 5.97 Å². The predicted molar refractivity (Wildman–Crippen MR) is 100.0 cm³/mol. The molecular formula is C21H16O3S. The number of rotatable bonds is 6. The molecule has 0 saturated heterocycles. The minimum Gasteiger partial charge on any atom is -0.458 e. The van der Waals surface area contributed by atoms with Crippen LogP contribution in [0.5, 0.6) is 0 Å². The average Bonchev–Trinajstić information content (AvgIpc) is 3.20. The first-order valence-electron chi connectivity index (χ1n) is 7.81. The van der Waals surface area contributed by atoms with E-state index in [1.807, 2.05) is 47.9 Å². The standard InChI is InChI=1S/C21H16O3S/c22-20(19-13-7-15-25-19)17-11-4-5-12-18(17)21(23)24-14-6-10-16-8-2-1-3-9-16/h1-13,15H,14H2/b10-6+. The summed E-state index contributed by atoms with van der Waals surface area (Å²) in [5, 5.41) is 1.84. The maximum atomic E-state index is 12.5. The molecule has 0 N–H and O–H groups in total. The van der Waals surface area contributed by atoms with Gasteiger partial charge in [-0.2, -0.15) is 0 Å². The third-order valence-corrected chi connectivity index (χ3v) is 4.43. The fourth-order valence-corrected chi connectivity index (χ4v) is 3.03. The van der Waals surface area contributed by atoms with Crippen LogP contribution >= 0.6 is 11.3 Å². The van der Waals surface area contributed by atoms with Crippen molar-refractivity contribution >= 4 is 29.2 Å². The molecule has 0 aliphatic heterocycles. The Hall–Kier alpha value is -2.98. The third kappa shape index (κ3) is 4.31. The van der Waals surface area contributed by atoms with Crippen molar-refractivity contribution in [3.8, 4) is 0 Å². The van der Waals surface area contributed by atoms with Crippen LogP contribution < -0.4 is 0 Å². The minimum absolute atomic E-state index is 0.148. The molecule has 2 aromatic carbocycles. The molecule has 0 saturated carbocycles. The summed E-state index contributed by atoms with van der Waals surface area (Å²) in [6, 6.07) is 20.1. The largest absolute Gasteiger partial charge is 0.458 e. The Morgan fingerprint density at radius 1 is 0.880 bits per heavy atom. The van der Waals surface area contributed by atoms with Gasteiger partial charge in [-0.3, -0.25) is 4.79 Å². The Bertz CT molecular complexity index is 881. The second-order valence-electron chi connectivity index (χ2n) is 5.26. The zero-order chi connectivity index (χ0) is 17.5. The summed E-state index contributed by atoms with van der Waals surface area (Å²) >= 11 is 1.35. The van der Waals surface area contributed by atoms with Crippen LogP contribution in [0.1, 0.15) is 31.2 Å². The molecule has 1 aromatic heterocycles. The number of esters is 1. The van der Waals surface area contributed by atoms with E-state index in [1.165, 1.54) is 11.3 Å². The highest BCUT2D eigenvalue weighted by Gasteiger charge is 2.19. The minimum atomic E-state index is -0.502. The normalized spacial score (nSPS) is 10.7. The van der Waals surface area contributed by atoms with Crippen molar-refractivity contribution in [1.29, 1.82) is 0 Å². The lowest BCUT2D eigenvalue weighted by molar-refractivity contribution is 0.0547. The van der Waals surface area contributed by atoms with Gasteiger partial charge >= 0.3 is 5.97 Å². The highest BCUT2D eigenvalue weighted by Crippen LogP contribution is 2.19. The Labute approximate surface area is 150 Å². The van der Waals surface area contributed by atoms with Crippen molar-refractivity contribution in [2.24, 2.45) is 0 Å². The summed E-state index contributed by atoms with van der Waals surface area (Å²) in [6.45, 7) is 0.148. The lowest BCUT2D eigenvalue weighted by Crippen LogP contribution is -2.12. The molecule has 0 fully saturated rings. The van der Waals surface area contributed by atoms with Crippen LogP contribution in [0, 0.1) is 0 Å². The molecule has 1 heterocycles. The zero-order valence-corrected chi connectivity index (χ0v) is 14.2. The first-order chi connectivity index (χ1) is 12.3. The van der Waals surface area contributed by atoms with Gasteiger partial charge in [0.25, 0.3) is 0 Å². The molecule has 0 atom stereocenters. The van der Waals surface area contributed by atoms with Gasteiger partial charge in [-0.1, -0.05) is 60.7 Å². The highest BCUT2D eigenvalue weighted by atomic mass is 32.1. The Kier molecular flexibility index (Phi) is 5.54. The van der Waals surface area contributed by atoms with E-state index in [9.17, 15) is 9.59 Å². The van der Waals surface area contributed by atoms with Gasteiger partial charge in [-0.05, 0) is 29.2 Å². The maximum Gasteiger partial charge on any atom is 0.339 e. The lowest BCUT2D eigenvalue weighted by Gasteiger charge is -2.07.